The van der Waals surface area contributed by atoms with E-state index < -0.39 is 0 Å². The van der Waals surface area contributed by atoms with Crippen molar-refractivity contribution in [3.63, 3.8) is 0 Å². The topological polar surface area (TPSA) is 61.3 Å². The van der Waals surface area contributed by atoms with Crippen molar-refractivity contribution < 1.29 is 13.7 Å². The van der Waals surface area contributed by atoms with E-state index in [9.17, 15) is 4.39 Å². The lowest BCUT2D eigenvalue weighted by Gasteiger charge is -2.13. The van der Waals surface area contributed by atoms with Crippen LogP contribution in [0.25, 0.3) is 0 Å². The number of halogens is 1. The Hall–Kier alpha value is -1.88. The zero-order chi connectivity index (χ0) is 13.1. The van der Waals surface area contributed by atoms with Gasteiger partial charge in [0.1, 0.15) is 18.2 Å². The summed E-state index contributed by atoms with van der Waals surface area (Å²) in [6.07, 6.45) is 0. The number of nitrogens with two attached hydrogens (primary N) is 1. The molecule has 0 bridgehead atoms. The zero-order valence-electron chi connectivity index (χ0n) is 10.3. The Balaban J connectivity index is 2.13. The van der Waals surface area contributed by atoms with Gasteiger partial charge in [-0.15, -0.1) is 0 Å². The summed E-state index contributed by atoms with van der Waals surface area (Å²) < 4.78 is 23.7. The molecule has 1 heterocycles. The fraction of sp³-hybridized carbons (Fsp3) is 0.308. The fourth-order valence-electron chi connectivity index (χ4n) is 1.64. The number of rotatable bonds is 4. The molecule has 0 fully saturated rings. The Morgan fingerprint density at radius 2 is 2.22 bits per heavy atom. The summed E-state index contributed by atoms with van der Waals surface area (Å²) in [6, 6.07) is 5.78. The van der Waals surface area contributed by atoms with Gasteiger partial charge in [-0.1, -0.05) is 5.16 Å². The van der Waals surface area contributed by atoms with Crippen LogP contribution in [0.2, 0.25) is 0 Å². The molecule has 0 amide bonds. The third-order valence-corrected chi connectivity index (χ3v) is 2.51. The Labute approximate surface area is 105 Å². The third-order valence-electron chi connectivity index (χ3n) is 2.51. The molecule has 5 heteroatoms. The normalized spacial score (nSPS) is 12.4. The highest BCUT2D eigenvalue weighted by atomic mass is 19.1. The molecule has 0 aliphatic heterocycles. The fourth-order valence-corrected chi connectivity index (χ4v) is 1.64. The molecule has 1 atom stereocenters. The maximum Gasteiger partial charge on any atom is 0.174 e. The highest BCUT2D eigenvalue weighted by Gasteiger charge is 2.10. The van der Waals surface area contributed by atoms with Gasteiger partial charge in [0.2, 0.25) is 0 Å². The SMILES string of the molecule is Cc1cc(COc2ccc(F)cc2[C@@H](C)N)on1. The molecule has 96 valence electrons. The largest absolute Gasteiger partial charge is 0.485 e. The van der Waals surface area contributed by atoms with Crippen LogP contribution in [0.1, 0.15) is 30.0 Å². The van der Waals surface area contributed by atoms with Gasteiger partial charge in [0.25, 0.3) is 0 Å². The molecular weight excluding hydrogens is 235 g/mol. The molecular formula is C13H15FN2O2. The summed E-state index contributed by atoms with van der Waals surface area (Å²) >= 11 is 0. The molecule has 0 saturated carbocycles. The number of aryl methyl sites for hydroxylation is 1. The molecule has 0 unspecified atom stereocenters. The number of benzene rings is 1. The Bertz CT molecular complexity index is 538. The van der Waals surface area contributed by atoms with Crippen molar-refractivity contribution in [2.24, 2.45) is 5.73 Å². The monoisotopic (exact) mass is 250 g/mol. The standard InChI is InChI=1S/C13H15FN2O2/c1-8-5-11(18-16-8)7-17-13-4-3-10(14)6-12(13)9(2)15/h3-6,9H,7,15H2,1-2H3/t9-/m1/s1. The van der Waals surface area contributed by atoms with E-state index in [-0.39, 0.29) is 18.5 Å². The van der Waals surface area contributed by atoms with E-state index >= 15 is 0 Å². The summed E-state index contributed by atoms with van der Waals surface area (Å²) in [5.41, 5.74) is 7.20. The van der Waals surface area contributed by atoms with Crippen LogP contribution in [0, 0.1) is 12.7 Å². The minimum Gasteiger partial charge on any atom is -0.485 e. The number of aromatic nitrogens is 1. The van der Waals surface area contributed by atoms with Gasteiger partial charge in [-0.3, -0.25) is 0 Å². The van der Waals surface area contributed by atoms with Crippen LogP contribution in [0.15, 0.2) is 28.8 Å². The van der Waals surface area contributed by atoms with Crippen molar-refractivity contribution in [1.29, 1.82) is 0 Å². The average Bonchev–Trinajstić information content (AvgIpc) is 2.73. The Morgan fingerprint density at radius 1 is 1.44 bits per heavy atom. The van der Waals surface area contributed by atoms with Gasteiger partial charge in [0, 0.05) is 17.7 Å². The minimum atomic E-state index is -0.329. The maximum atomic E-state index is 13.1. The van der Waals surface area contributed by atoms with Crippen molar-refractivity contribution in [2.75, 3.05) is 0 Å². The van der Waals surface area contributed by atoms with Crippen LogP contribution in [0.4, 0.5) is 4.39 Å². The third kappa shape index (κ3) is 2.87. The number of hydrogen-bond acceptors (Lipinski definition) is 4. The minimum absolute atomic E-state index is 0.242. The highest BCUT2D eigenvalue weighted by molar-refractivity contribution is 5.36. The lowest BCUT2D eigenvalue weighted by molar-refractivity contribution is 0.246. The van der Waals surface area contributed by atoms with Crippen molar-refractivity contribution in [1.82, 2.24) is 5.16 Å². The highest BCUT2D eigenvalue weighted by Crippen LogP contribution is 2.25. The first-order chi connectivity index (χ1) is 8.56. The Kier molecular flexibility index (Phi) is 3.62. The van der Waals surface area contributed by atoms with E-state index in [1.807, 2.05) is 6.92 Å². The van der Waals surface area contributed by atoms with Crippen LogP contribution >= 0.6 is 0 Å². The van der Waals surface area contributed by atoms with Crippen LogP contribution in [-0.2, 0) is 6.61 Å². The van der Waals surface area contributed by atoms with E-state index in [2.05, 4.69) is 5.16 Å². The van der Waals surface area contributed by atoms with E-state index in [4.69, 9.17) is 15.0 Å². The van der Waals surface area contributed by atoms with E-state index in [0.29, 0.717) is 17.1 Å². The molecule has 2 N–H and O–H groups in total. The van der Waals surface area contributed by atoms with Crippen LogP contribution in [0.5, 0.6) is 5.75 Å². The van der Waals surface area contributed by atoms with Crippen molar-refractivity contribution in [2.45, 2.75) is 26.5 Å². The van der Waals surface area contributed by atoms with Gasteiger partial charge in [-0.2, -0.15) is 0 Å². The van der Waals surface area contributed by atoms with Crippen LogP contribution in [0.3, 0.4) is 0 Å². The quantitative estimate of drug-likeness (QED) is 0.906. The molecule has 0 aliphatic carbocycles. The predicted octanol–water partition coefficient (Wildman–Crippen LogP) is 2.72. The van der Waals surface area contributed by atoms with Crippen LogP contribution < -0.4 is 10.5 Å². The van der Waals surface area contributed by atoms with E-state index in [1.165, 1.54) is 12.1 Å². The van der Waals surface area contributed by atoms with E-state index in [0.717, 1.165) is 5.69 Å². The van der Waals surface area contributed by atoms with Gasteiger partial charge in [0.15, 0.2) is 5.76 Å². The summed E-state index contributed by atoms with van der Waals surface area (Å²) in [6.45, 7) is 3.85. The van der Waals surface area contributed by atoms with Gasteiger partial charge >= 0.3 is 0 Å². The molecule has 4 nitrogen and oxygen atoms in total. The molecule has 1 aromatic heterocycles. The average molecular weight is 250 g/mol. The second-order valence-electron chi connectivity index (χ2n) is 4.19. The second-order valence-corrected chi connectivity index (χ2v) is 4.19. The molecule has 0 spiro atoms. The van der Waals surface area contributed by atoms with Crippen molar-refractivity contribution >= 4 is 0 Å². The summed E-state index contributed by atoms with van der Waals surface area (Å²) in [5, 5.41) is 3.76. The smallest absolute Gasteiger partial charge is 0.174 e. The van der Waals surface area contributed by atoms with E-state index in [1.54, 1.807) is 19.1 Å². The molecule has 1 aromatic carbocycles. The summed E-state index contributed by atoms with van der Waals surface area (Å²) in [5.74, 6) is 0.845. The summed E-state index contributed by atoms with van der Waals surface area (Å²) in [4.78, 5) is 0. The number of hydrogen-bond donors (Lipinski definition) is 1. The van der Waals surface area contributed by atoms with Crippen molar-refractivity contribution in [3.8, 4) is 5.75 Å². The van der Waals surface area contributed by atoms with Gasteiger partial charge in [0.05, 0.1) is 5.69 Å². The molecule has 2 rings (SSSR count). The van der Waals surface area contributed by atoms with Crippen molar-refractivity contribution in [3.05, 3.63) is 47.1 Å². The first-order valence-corrected chi connectivity index (χ1v) is 5.66. The zero-order valence-corrected chi connectivity index (χ0v) is 10.3. The molecule has 0 saturated heterocycles. The first-order valence-electron chi connectivity index (χ1n) is 5.66. The number of ether oxygens (including phenoxy) is 1. The van der Waals surface area contributed by atoms with Crippen LogP contribution in [-0.4, -0.2) is 5.16 Å². The first kappa shape index (κ1) is 12.6. The predicted molar refractivity (Wildman–Crippen MR) is 64.6 cm³/mol. The molecule has 0 aliphatic rings. The van der Waals surface area contributed by atoms with Gasteiger partial charge in [-0.05, 0) is 32.0 Å². The molecule has 2 aromatic rings. The lowest BCUT2D eigenvalue weighted by Crippen LogP contribution is -2.08. The van der Waals surface area contributed by atoms with Gasteiger partial charge < -0.3 is 15.0 Å². The maximum absolute atomic E-state index is 13.1. The number of nitrogens with zero attached hydrogens (tertiary/aromatic N) is 1. The molecule has 0 radical (unpaired) electrons. The lowest BCUT2D eigenvalue weighted by atomic mass is 10.1. The molecule has 18 heavy (non-hydrogen) atoms. The second kappa shape index (κ2) is 5.18. The Morgan fingerprint density at radius 3 is 2.83 bits per heavy atom. The van der Waals surface area contributed by atoms with Gasteiger partial charge in [-0.25, -0.2) is 4.39 Å². The summed E-state index contributed by atoms with van der Waals surface area (Å²) in [7, 11) is 0.